The number of rotatable bonds is 38. The molecule has 0 aliphatic heterocycles. The number of allylic oxidation sites excluding steroid dienone is 18. The Kier molecular flexibility index (Phi) is 38.0. The van der Waals surface area contributed by atoms with Crippen LogP contribution in [0, 0.1) is 0 Å². The summed E-state index contributed by atoms with van der Waals surface area (Å²) in [6, 6.07) is -0.742. The summed E-state index contributed by atoms with van der Waals surface area (Å²) in [7, 11) is 5.37. The highest BCUT2D eigenvalue weighted by molar-refractivity contribution is 5.70. The first kappa shape index (κ1) is 55.0. The number of unbranched alkanes of at least 4 members (excludes halogenated alkanes) is 8. The first-order valence-corrected chi connectivity index (χ1v) is 22.4. The summed E-state index contributed by atoms with van der Waals surface area (Å²) in [5, 5.41) is 11.6. The minimum Gasteiger partial charge on any atom is -0.544 e. The molecule has 0 aliphatic carbocycles. The number of carboxylic acid groups (broad SMARTS) is 1. The van der Waals surface area contributed by atoms with Gasteiger partial charge in [0.1, 0.15) is 12.6 Å². The van der Waals surface area contributed by atoms with Gasteiger partial charge in [0.15, 0.2) is 6.10 Å². The maximum Gasteiger partial charge on any atom is 0.306 e. The number of carbonyl (C=O) groups is 3. The molecule has 0 saturated carbocycles. The average molecular weight is 820 g/mol. The van der Waals surface area contributed by atoms with Crippen LogP contribution in [0.25, 0.3) is 0 Å². The summed E-state index contributed by atoms with van der Waals surface area (Å²) in [6.07, 6.45) is 55.5. The van der Waals surface area contributed by atoms with Gasteiger partial charge in [-0.15, -0.1) is 0 Å². The average Bonchev–Trinajstić information content (AvgIpc) is 3.19. The Labute approximate surface area is 359 Å². The molecule has 0 bridgehead atoms. The zero-order valence-electron chi connectivity index (χ0n) is 37.6. The SMILES string of the molecule is CC/C=C/C=C/C=C/CCCCCCCC(=O)OCC(COCCC(C(=O)[O-])[N+](C)(C)C)OC(=O)CCCCC/C=C/C/C=C/C/C=C/C/C=C/C/C=C/C/C=C/CC. The molecular formula is C51H81NO7. The van der Waals surface area contributed by atoms with Crippen LogP contribution in [0.1, 0.15) is 142 Å². The van der Waals surface area contributed by atoms with Crippen LogP contribution in [-0.2, 0) is 28.6 Å². The minimum absolute atomic E-state index is 0.0122. The molecule has 0 rings (SSSR count). The molecule has 0 heterocycles. The lowest BCUT2D eigenvalue weighted by atomic mass is 10.1. The van der Waals surface area contributed by atoms with Crippen LogP contribution >= 0.6 is 0 Å². The van der Waals surface area contributed by atoms with E-state index in [1.807, 2.05) is 12.2 Å². The van der Waals surface area contributed by atoms with Crippen LogP contribution < -0.4 is 5.11 Å². The number of carboxylic acids is 1. The molecule has 0 N–H and O–H groups in total. The molecule has 0 aliphatic rings. The molecule has 0 radical (unpaired) electrons. The molecular weight excluding hydrogens is 739 g/mol. The topological polar surface area (TPSA) is 102 Å². The quantitative estimate of drug-likeness (QED) is 0.0201. The van der Waals surface area contributed by atoms with Crippen molar-refractivity contribution in [3.8, 4) is 0 Å². The van der Waals surface area contributed by atoms with E-state index >= 15 is 0 Å². The second-order valence-corrected chi connectivity index (χ2v) is 15.6. The molecule has 0 amide bonds. The number of esters is 2. The van der Waals surface area contributed by atoms with Crippen LogP contribution in [0.15, 0.2) is 109 Å². The fourth-order valence-corrected chi connectivity index (χ4v) is 5.78. The Bertz CT molecular complexity index is 1330. The lowest BCUT2D eigenvalue weighted by Gasteiger charge is -2.34. The fraction of sp³-hybridized carbons (Fsp3) is 0.588. The minimum atomic E-state index is -1.14. The van der Waals surface area contributed by atoms with E-state index in [4.69, 9.17) is 14.2 Å². The molecule has 2 atom stereocenters. The van der Waals surface area contributed by atoms with Gasteiger partial charge in [-0.25, -0.2) is 0 Å². The van der Waals surface area contributed by atoms with Crippen LogP contribution in [0.5, 0.6) is 0 Å². The number of quaternary nitrogens is 1. The Morgan fingerprint density at radius 2 is 0.983 bits per heavy atom. The molecule has 8 nitrogen and oxygen atoms in total. The second kappa shape index (κ2) is 40.8. The van der Waals surface area contributed by atoms with E-state index in [2.05, 4.69) is 111 Å². The zero-order valence-corrected chi connectivity index (χ0v) is 37.6. The van der Waals surface area contributed by atoms with Crippen molar-refractivity contribution in [2.45, 2.75) is 154 Å². The van der Waals surface area contributed by atoms with Crippen molar-refractivity contribution in [2.75, 3.05) is 41.0 Å². The molecule has 332 valence electrons. The van der Waals surface area contributed by atoms with Gasteiger partial charge in [0, 0.05) is 19.3 Å². The van der Waals surface area contributed by atoms with Gasteiger partial charge in [-0.3, -0.25) is 9.59 Å². The van der Waals surface area contributed by atoms with Gasteiger partial charge >= 0.3 is 11.9 Å². The molecule has 0 aromatic rings. The van der Waals surface area contributed by atoms with Gasteiger partial charge in [-0.2, -0.15) is 0 Å². The normalized spacial score (nSPS) is 14.0. The number of ether oxygens (including phenoxy) is 3. The third-order valence-electron chi connectivity index (χ3n) is 9.22. The van der Waals surface area contributed by atoms with E-state index in [-0.39, 0.29) is 49.1 Å². The van der Waals surface area contributed by atoms with E-state index < -0.39 is 18.1 Å². The van der Waals surface area contributed by atoms with Crippen LogP contribution in [-0.4, -0.2) is 75.5 Å². The molecule has 0 saturated heterocycles. The van der Waals surface area contributed by atoms with E-state index in [1.54, 1.807) is 21.1 Å². The van der Waals surface area contributed by atoms with Gasteiger partial charge < -0.3 is 28.6 Å². The van der Waals surface area contributed by atoms with E-state index in [0.29, 0.717) is 12.8 Å². The van der Waals surface area contributed by atoms with Gasteiger partial charge in [0.25, 0.3) is 0 Å². The number of likely N-dealkylation sites (N-methyl/N-ethyl adjacent to an activating group) is 1. The highest BCUT2D eigenvalue weighted by Gasteiger charge is 2.25. The van der Waals surface area contributed by atoms with Crippen molar-refractivity contribution < 1.29 is 38.2 Å². The molecule has 0 spiro atoms. The van der Waals surface area contributed by atoms with Crippen LogP contribution in [0.3, 0.4) is 0 Å². The predicted octanol–water partition coefficient (Wildman–Crippen LogP) is 11.1. The first-order valence-electron chi connectivity index (χ1n) is 22.4. The van der Waals surface area contributed by atoms with Crippen molar-refractivity contribution in [2.24, 2.45) is 0 Å². The summed E-state index contributed by atoms with van der Waals surface area (Å²) < 4.78 is 17.1. The summed E-state index contributed by atoms with van der Waals surface area (Å²) in [5.74, 6) is -1.82. The summed E-state index contributed by atoms with van der Waals surface area (Å²) in [4.78, 5) is 36.9. The maximum absolute atomic E-state index is 12.7. The van der Waals surface area contributed by atoms with Gasteiger partial charge in [0.05, 0.1) is 40.3 Å². The van der Waals surface area contributed by atoms with Gasteiger partial charge in [-0.1, -0.05) is 149 Å². The fourth-order valence-electron chi connectivity index (χ4n) is 5.78. The third-order valence-corrected chi connectivity index (χ3v) is 9.22. The molecule has 0 aromatic heterocycles. The number of nitrogens with zero attached hydrogens (tertiary/aromatic N) is 1. The lowest BCUT2D eigenvalue weighted by Crippen LogP contribution is -2.55. The van der Waals surface area contributed by atoms with Crippen molar-refractivity contribution in [1.82, 2.24) is 0 Å². The molecule has 0 aromatic carbocycles. The predicted molar refractivity (Wildman–Crippen MR) is 244 cm³/mol. The van der Waals surface area contributed by atoms with E-state index in [9.17, 15) is 19.5 Å². The van der Waals surface area contributed by atoms with Crippen LogP contribution in [0.4, 0.5) is 0 Å². The highest BCUT2D eigenvalue weighted by atomic mass is 16.6. The zero-order chi connectivity index (χ0) is 43.5. The number of hydrogen-bond acceptors (Lipinski definition) is 7. The maximum atomic E-state index is 12.7. The number of hydrogen-bond donors (Lipinski definition) is 0. The molecule has 0 fully saturated rings. The van der Waals surface area contributed by atoms with Crippen molar-refractivity contribution >= 4 is 17.9 Å². The summed E-state index contributed by atoms with van der Waals surface area (Å²) in [6.45, 7) is 4.33. The van der Waals surface area contributed by atoms with Crippen molar-refractivity contribution in [3.63, 3.8) is 0 Å². The summed E-state index contributed by atoms with van der Waals surface area (Å²) in [5.41, 5.74) is 0. The smallest absolute Gasteiger partial charge is 0.306 e. The largest absolute Gasteiger partial charge is 0.544 e. The highest BCUT2D eigenvalue weighted by Crippen LogP contribution is 2.12. The Balaban J connectivity index is 4.44. The van der Waals surface area contributed by atoms with Crippen molar-refractivity contribution in [3.05, 3.63) is 109 Å². The van der Waals surface area contributed by atoms with Crippen molar-refractivity contribution in [1.29, 1.82) is 0 Å². The second-order valence-electron chi connectivity index (χ2n) is 15.6. The van der Waals surface area contributed by atoms with Crippen LogP contribution in [0.2, 0.25) is 0 Å². The standard InChI is InChI=1S/C51H81NO7/c1-6-8-10-12-14-16-18-20-21-22-23-24-25-26-27-28-30-32-34-36-38-40-42-50(54)59-47(45-57-44-43-48(51(55)56)52(3,4)5)46-58-49(53)41-39-37-35-33-31-29-19-17-15-13-11-9-7-2/h8-11,13-17,19-21,23-24,26-27,30,32,47-48H,6-7,12,18,22,25,28-29,31,33-46H2,1-5H3/b10-8+,11-9+,15-13+,16-14+,19-17+,21-20+,24-23+,27-26+,32-30+. The third kappa shape index (κ3) is 39.2. The first-order chi connectivity index (χ1) is 28.6. The molecule has 2 unspecified atom stereocenters. The van der Waals surface area contributed by atoms with Gasteiger partial charge in [0.2, 0.25) is 0 Å². The summed E-state index contributed by atoms with van der Waals surface area (Å²) >= 11 is 0. The van der Waals surface area contributed by atoms with E-state index in [0.717, 1.165) is 103 Å². The number of aliphatic carboxylic acids is 1. The molecule has 8 heteroatoms. The Morgan fingerprint density at radius 1 is 0.525 bits per heavy atom. The monoisotopic (exact) mass is 820 g/mol. The number of carbonyl (C=O) groups excluding carboxylic acids is 3. The molecule has 59 heavy (non-hydrogen) atoms. The lowest BCUT2D eigenvalue weighted by molar-refractivity contribution is -0.889. The van der Waals surface area contributed by atoms with E-state index in [1.165, 1.54) is 0 Å². The Hall–Kier alpha value is -4.01. The van der Waals surface area contributed by atoms with Gasteiger partial charge in [-0.05, 0) is 83.5 Å². The Morgan fingerprint density at radius 3 is 1.53 bits per heavy atom.